The summed E-state index contributed by atoms with van der Waals surface area (Å²) in [6, 6.07) is 7.34. The lowest BCUT2D eigenvalue weighted by Crippen LogP contribution is -2.24. The minimum absolute atomic E-state index is 0.125. The van der Waals surface area contributed by atoms with Crippen molar-refractivity contribution < 1.29 is 14.4 Å². The molecule has 0 aliphatic carbocycles. The number of hydrogen-bond donors (Lipinski definition) is 0. The molecule has 2 aromatic rings. The lowest BCUT2D eigenvalue weighted by atomic mass is 10.3. The molecule has 0 bridgehead atoms. The number of hydrogen-bond acceptors (Lipinski definition) is 4. The first-order valence-corrected chi connectivity index (χ1v) is 5.24. The summed E-state index contributed by atoms with van der Waals surface area (Å²) in [5.41, 5.74) is -0.281. The minimum Gasteiger partial charge on any atom is -0.619 e. The van der Waals surface area contributed by atoms with E-state index in [4.69, 9.17) is 16.3 Å². The van der Waals surface area contributed by atoms with E-state index < -0.39 is 4.92 Å². The number of pyridine rings is 1. The van der Waals surface area contributed by atoms with E-state index in [1.165, 1.54) is 0 Å². The number of rotatable bonds is 3. The van der Waals surface area contributed by atoms with E-state index in [0.29, 0.717) is 15.5 Å². The number of nitro groups is 1. The maximum absolute atomic E-state index is 11.1. The first-order valence-electron chi connectivity index (χ1n) is 4.87. The summed E-state index contributed by atoms with van der Waals surface area (Å²) in [6.07, 6.45) is 2.03. The molecule has 0 amide bonds. The Labute approximate surface area is 107 Å². The first kappa shape index (κ1) is 12.1. The van der Waals surface area contributed by atoms with Crippen LogP contribution >= 0.6 is 11.6 Å². The van der Waals surface area contributed by atoms with Crippen molar-refractivity contribution in [3.05, 3.63) is 63.1 Å². The van der Waals surface area contributed by atoms with E-state index in [1.807, 2.05) is 0 Å². The van der Waals surface area contributed by atoms with E-state index in [-0.39, 0.29) is 11.4 Å². The second kappa shape index (κ2) is 4.89. The van der Waals surface area contributed by atoms with Crippen LogP contribution in [0.25, 0.3) is 0 Å². The molecular formula is C11H7ClN2O4. The largest absolute Gasteiger partial charge is 0.619 e. The predicted octanol–water partition coefficient (Wildman–Crippen LogP) is 2.67. The Hall–Kier alpha value is -2.34. The highest BCUT2D eigenvalue weighted by Gasteiger charge is 2.19. The Balaban J connectivity index is 2.35. The van der Waals surface area contributed by atoms with Gasteiger partial charge in [-0.1, -0.05) is 11.6 Å². The zero-order valence-corrected chi connectivity index (χ0v) is 9.70. The van der Waals surface area contributed by atoms with Gasteiger partial charge in [-0.3, -0.25) is 10.1 Å². The van der Waals surface area contributed by atoms with E-state index in [2.05, 4.69) is 0 Å². The molecule has 0 aliphatic heterocycles. The van der Waals surface area contributed by atoms with Crippen LogP contribution in [-0.2, 0) is 0 Å². The summed E-state index contributed by atoms with van der Waals surface area (Å²) >= 11 is 5.70. The molecule has 6 nitrogen and oxygen atoms in total. The van der Waals surface area contributed by atoms with Gasteiger partial charge in [0.05, 0.1) is 11.0 Å². The number of aromatic nitrogens is 1. The SMILES string of the molecule is O=[N+]([O-])c1cc[n+]([O-])cc1Oc1ccc(Cl)cc1. The Kier molecular flexibility index (Phi) is 3.29. The second-order valence-electron chi connectivity index (χ2n) is 3.37. The number of nitrogens with zero attached hydrogens (tertiary/aromatic N) is 2. The Bertz CT molecular complexity index is 586. The summed E-state index contributed by atoms with van der Waals surface area (Å²) in [7, 11) is 0. The normalized spacial score (nSPS) is 10.1. The van der Waals surface area contributed by atoms with Gasteiger partial charge in [-0.25, -0.2) is 0 Å². The van der Waals surface area contributed by atoms with E-state index in [1.54, 1.807) is 24.3 Å². The van der Waals surface area contributed by atoms with Crippen LogP contribution in [0.15, 0.2) is 42.7 Å². The van der Waals surface area contributed by atoms with E-state index in [0.717, 1.165) is 18.5 Å². The Morgan fingerprint density at radius 1 is 1.22 bits per heavy atom. The van der Waals surface area contributed by atoms with Crippen molar-refractivity contribution in [2.24, 2.45) is 0 Å². The average Bonchev–Trinajstić information content (AvgIpc) is 2.32. The third kappa shape index (κ3) is 2.67. The topological polar surface area (TPSA) is 79.3 Å². The Morgan fingerprint density at radius 3 is 2.50 bits per heavy atom. The fourth-order valence-corrected chi connectivity index (χ4v) is 1.44. The van der Waals surface area contributed by atoms with Crippen molar-refractivity contribution in [2.75, 3.05) is 0 Å². The molecule has 1 aromatic heterocycles. The minimum atomic E-state index is -0.620. The van der Waals surface area contributed by atoms with E-state index >= 15 is 0 Å². The molecule has 1 aromatic carbocycles. The summed E-state index contributed by atoms with van der Waals surface area (Å²) < 4.78 is 5.71. The van der Waals surface area contributed by atoms with Crippen LogP contribution in [0.4, 0.5) is 5.69 Å². The predicted molar refractivity (Wildman–Crippen MR) is 63.6 cm³/mol. The lowest BCUT2D eigenvalue weighted by Gasteiger charge is -2.05. The second-order valence-corrected chi connectivity index (χ2v) is 3.80. The maximum Gasteiger partial charge on any atom is 0.323 e. The van der Waals surface area contributed by atoms with Crippen molar-refractivity contribution in [3.8, 4) is 11.5 Å². The van der Waals surface area contributed by atoms with Crippen LogP contribution in [0.5, 0.6) is 11.5 Å². The van der Waals surface area contributed by atoms with Crippen molar-refractivity contribution in [1.29, 1.82) is 0 Å². The number of halogens is 1. The van der Waals surface area contributed by atoms with Crippen molar-refractivity contribution in [3.63, 3.8) is 0 Å². The summed E-state index contributed by atoms with van der Waals surface area (Å²) in [4.78, 5) is 10.2. The molecule has 0 aliphatic rings. The number of benzene rings is 1. The molecule has 0 radical (unpaired) electrons. The van der Waals surface area contributed by atoms with E-state index in [9.17, 15) is 15.3 Å². The molecule has 92 valence electrons. The molecular weight excluding hydrogens is 260 g/mol. The van der Waals surface area contributed by atoms with Gasteiger partial charge in [0.15, 0.2) is 6.20 Å². The molecule has 0 atom stereocenters. The highest BCUT2D eigenvalue weighted by Crippen LogP contribution is 2.29. The van der Waals surface area contributed by atoms with Gasteiger partial charge >= 0.3 is 5.69 Å². The van der Waals surface area contributed by atoms with Crippen LogP contribution < -0.4 is 9.47 Å². The fraction of sp³-hybridized carbons (Fsp3) is 0. The average molecular weight is 267 g/mol. The third-order valence-corrected chi connectivity index (χ3v) is 2.37. The molecule has 2 rings (SSSR count). The smallest absolute Gasteiger partial charge is 0.323 e. The zero-order valence-electron chi connectivity index (χ0n) is 8.95. The van der Waals surface area contributed by atoms with Gasteiger partial charge in [-0.15, -0.1) is 0 Å². The fourth-order valence-electron chi connectivity index (χ4n) is 1.31. The maximum atomic E-state index is 11.1. The van der Waals surface area contributed by atoms with Crippen LogP contribution in [0.3, 0.4) is 0 Å². The van der Waals surface area contributed by atoms with Gasteiger partial charge in [-0.05, 0) is 24.3 Å². The summed E-state index contributed by atoms with van der Waals surface area (Å²) in [5, 5.41) is 22.4. The number of ether oxygens (including phenoxy) is 1. The van der Waals surface area contributed by atoms with Crippen LogP contribution in [0.1, 0.15) is 0 Å². The Morgan fingerprint density at radius 2 is 1.89 bits per heavy atom. The van der Waals surface area contributed by atoms with Gasteiger partial charge in [-0.2, -0.15) is 4.73 Å². The third-order valence-electron chi connectivity index (χ3n) is 2.11. The van der Waals surface area contributed by atoms with Crippen LogP contribution in [-0.4, -0.2) is 4.92 Å². The van der Waals surface area contributed by atoms with Gasteiger partial charge in [0.25, 0.3) is 5.75 Å². The first-order chi connectivity index (χ1) is 8.56. The van der Waals surface area contributed by atoms with Crippen LogP contribution in [0, 0.1) is 15.3 Å². The zero-order chi connectivity index (χ0) is 13.1. The summed E-state index contributed by atoms with van der Waals surface area (Å²) in [5.74, 6) is 0.230. The van der Waals surface area contributed by atoms with Crippen molar-refractivity contribution >= 4 is 17.3 Å². The van der Waals surface area contributed by atoms with Gasteiger partial charge in [0.1, 0.15) is 5.75 Å². The molecule has 0 spiro atoms. The van der Waals surface area contributed by atoms with Gasteiger partial charge in [0, 0.05) is 5.02 Å². The van der Waals surface area contributed by atoms with Gasteiger partial charge < -0.3 is 9.94 Å². The highest BCUT2D eigenvalue weighted by molar-refractivity contribution is 6.30. The molecule has 1 heterocycles. The molecule has 0 unspecified atom stereocenters. The molecule has 0 N–H and O–H groups in total. The standard InChI is InChI=1S/C11H7ClN2O4/c12-8-1-3-9(4-2-8)18-11-7-13(15)6-5-10(11)14(16)17/h1-7H. The lowest BCUT2D eigenvalue weighted by molar-refractivity contribution is -0.606. The molecule has 0 saturated heterocycles. The van der Waals surface area contributed by atoms with Crippen molar-refractivity contribution in [2.45, 2.75) is 0 Å². The molecule has 0 saturated carbocycles. The summed E-state index contributed by atoms with van der Waals surface area (Å²) in [6.45, 7) is 0. The highest BCUT2D eigenvalue weighted by atomic mass is 35.5. The molecule has 7 heteroatoms. The monoisotopic (exact) mass is 266 g/mol. The van der Waals surface area contributed by atoms with Gasteiger partial charge in [0.2, 0.25) is 6.20 Å². The quantitative estimate of drug-likeness (QED) is 0.370. The molecule has 0 fully saturated rings. The van der Waals surface area contributed by atoms with Crippen molar-refractivity contribution in [1.82, 2.24) is 0 Å². The van der Waals surface area contributed by atoms with Crippen LogP contribution in [0.2, 0.25) is 5.02 Å². The molecule has 18 heavy (non-hydrogen) atoms.